The number of ether oxygens (including phenoxy) is 3. The van der Waals surface area contributed by atoms with Crippen molar-refractivity contribution in [3.05, 3.63) is 23.8 Å². The molecule has 19 heavy (non-hydrogen) atoms. The maximum atomic E-state index is 10.3. The molecular formula is C15H20O4. The zero-order valence-corrected chi connectivity index (χ0v) is 11.0. The summed E-state index contributed by atoms with van der Waals surface area (Å²) >= 11 is 0. The third-order valence-electron chi connectivity index (χ3n) is 3.74. The van der Waals surface area contributed by atoms with Crippen LogP contribution in [0.25, 0.3) is 0 Å². The molecule has 1 aromatic carbocycles. The zero-order chi connectivity index (χ0) is 13.1. The van der Waals surface area contributed by atoms with Gasteiger partial charge in [-0.2, -0.15) is 0 Å². The van der Waals surface area contributed by atoms with Gasteiger partial charge in [-0.25, -0.2) is 0 Å². The summed E-state index contributed by atoms with van der Waals surface area (Å²) in [6, 6.07) is 5.72. The minimum Gasteiger partial charge on any atom is -0.490 e. The first-order valence-corrected chi connectivity index (χ1v) is 6.98. The molecule has 1 N–H and O–H groups in total. The zero-order valence-electron chi connectivity index (χ0n) is 11.0. The fourth-order valence-electron chi connectivity index (χ4n) is 2.61. The maximum Gasteiger partial charge on any atom is 0.161 e. The van der Waals surface area contributed by atoms with Crippen LogP contribution >= 0.6 is 0 Å². The highest BCUT2D eigenvalue weighted by molar-refractivity contribution is 5.44. The monoisotopic (exact) mass is 264 g/mol. The number of hydrogen-bond acceptors (Lipinski definition) is 4. The van der Waals surface area contributed by atoms with Crippen molar-refractivity contribution in [3.63, 3.8) is 0 Å². The second kappa shape index (κ2) is 5.80. The van der Waals surface area contributed by atoms with E-state index >= 15 is 0 Å². The topological polar surface area (TPSA) is 47.9 Å². The standard InChI is InChI=1S/C15H20O4/c16-13(8-11-4-7-17-10-11)12-2-3-14-15(9-12)19-6-1-5-18-14/h2-3,9,11,13,16H,1,4-8,10H2. The second-order valence-electron chi connectivity index (χ2n) is 5.24. The predicted octanol–water partition coefficient (Wildman–Crippen LogP) is 2.31. The lowest BCUT2D eigenvalue weighted by molar-refractivity contribution is 0.129. The molecule has 0 aliphatic carbocycles. The van der Waals surface area contributed by atoms with Crippen LogP contribution in [0.15, 0.2) is 18.2 Å². The lowest BCUT2D eigenvalue weighted by Gasteiger charge is -2.16. The Hall–Kier alpha value is -1.26. The van der Waals surface area contributed by atoms with Crippen LogP contribution in [-0.2, 0) is 4.74 Å². The largest absolute Gasteiger partial charge is 0.490 e. The van der Waals surface area contributed by atoms with Gasteiger partial charge in [0.25, 0.3) is 0 Å². The molecule has 3 rings (SSSR count). The maximum absolute atomic E-state index is 10.3. The molecule has 0 saturated carbocycles. The summed E-state index contributed by atoms with van der Waals surface area (Å²) in [5.41, 5.74) is 0.899. The molecule has 0 spiro atoms. The molecule has 0 amide bonds. The number of aliphatic hydroxyl groups excluding tert-OH is 1. The van der Waals surface area contributed by atoms with E-state index in [1.165, 1.54) is 0 Å². The van der Waals surface area contributed by atoms with Gasteiger partial charge in [0, 0.05) is 19.6 Å². The predicted molar refractivity (Wildman–Crippen MR) is 70.6 cm³/mol. The van der Waals surface area contributed by atoms with Crippen molar-refractivity contribution in [2.45, 2.75) is 25.4 Å². The summed E-state index contributed by atoms with van der Waals surface area (Å²) in [5.74, 6) is 1.99. The van der Waals surface area contributed by atoms with Crippen LogP contribution in [0.2, 0.25) is 0 Å². The molecule has 104 valence electrons. The van der Waals surface area contributed by atoms with Gasteiger partial charge in [0.2, 0.25) is 0 Å². The van der Waals surface area contributed by atoms with Crippen LogP contribution in [0.5, 0.6) is 11.5 Å². The highest BCUT2D eigenvalue weighted by Gasteiger charge is 2.21. The number of hydrogen-bond donors (Lipinski definition) is 1. The Bertz CT molecular complexity index is 426. The van der Waals surface area contributed by atoms with E-state index in [-0.39, 0.29) is 0 Å². The molecule has 2 aliphatic heterocycles. The molecule has 0 bridgehead atoms. The fourth-order valence-corrected chi connectivity index (χ4v) is 2.61. The number of fused-ring (bicyclic) bond motifs is 1. The smallest absolute Gasteiger partial charge is 0.161 e. The van der Waals surface area contributed by atoms with E-state index in [9.17, 15) is 5.11 Å². The van der Waals surface area contributed by atoms with Crippen LogP contribution in [0, 0.1) is 5.92 Å². The average Bonchev–Trinajstić information content (AvgIpc) is 2.81. The van der Waals surface area contributed by atoms with Crippen LogP contribution in [0.3, 0.4) is 0 Å². The van der Waals surface area contributed by atoms with Crippen molar-refractivity contribution in [3.8, 4) is 11.5 Å². The molecule has 4 nitrogen and oxygen atoms in total. The van der Waals surface area contributed by atoms with Gasteiger partial charge < -0.3 is 19.3 Å². The second-order valence-corrected chi connectivity index (χ2v) is 5.24. The highest BCUT2D eigenvalue weighted by Crippen LogP contribution is 2.34. The third kappa shape index (κ3) is 3.01. The quantitative estimate of drug-likeness (QED) is 0.910. The lowest BCUT2D eigenvalue weighted by Crippen LogP contribution is -2.07. The first kappa shape index (κ1) is 12.8. The van der Waals surface area contributed by atoms with Gasteiger partial charge in [-0.3, -0.25) is 0 Å². The Morgan fingerprint density at radius 1 is 1.16 bits per heavy atom. The van der Waals surface area contributed by atoms with E-state index in [4.69, 9.17) is 14.2 Å². The SMILES string of the molecule is OC(CC1CCOC1)c1ccc2c(c1)OCCCO2. The van der Waals surface area contributed by atoms with Crippen molar-refractivity contribution in [2.75, 3.05) is 26.4 Å². The number of rotatable bonds is 3. The van der Waals surface area contributed by atoms with Gasteiger partial charge in [-0.05, 0) is 36.5 Å². The van der Waals surface area contributed by atoms with Crippen molar-refractivity contribution in [1.82, 2.24) is 0 Å². The molecule has 1 aromatic rings. The van der Waals surface area contributed by atoms with Crippen LogP contribution in [0.1, 0.15) is 30.9 Å². The van der Waals surface area contributed by atoms with Crippen molar-refractivity contribution in [2.24, 2.45) is 5.92 Å². The van der Waals surface area contributed by atoms with E-state index in [2.05, 4.69) is 0 Å². The normalized spacial score (nSPS) is 23.9. The molecular weight excluding hydrogens is 244 g/mol. The van der Waals surface area contributed by atoms with Crippen LogP contribution in [-0.4, -0.2) is 31.5 Å². The summed E-state index contributed by atoms with van der Waals surface area (Å²) in [6.07, 6.45) is 2.23. The Morgan fingerprint density at radius 3 is 2.79 bits per heavy atom. The molecule has 1 fully saturated rings. The van der Waals surface area contributed by atoms with Crippen molar-refractivity contribution in [1.29, 1.82) is 0 Å². The Balaban J connectivity index is 1.71. The highest BCUT2D eigenvalue weighted by atomic mass is 16.5. The Morgan fingerprint density at radius 2 is 2.00 bits per heavy atom. The Labute approximate surface area is 113 Å². The van der Waals surface area contributed by atoms with E-state index < -0.39 is 6.10 Å². The molecule has 0 radical (unpaired) electrons. The minimum absolute atomic E-state index is 0.455. The summed E-state index contributed by atoms with van der Waals surface area (Å²) in [5, 5.41) is 10.3. The summed E-state index contributed by atoms with van der Waals surface area (Å²) < 4.78 is 16.6. The van der Waals surface area contributed by atoms with E-state index in [0.29, 0.717) is 19.1 Å². The van der Waals surface area contributed by atoms with Crippen molar-refractivity contribution >= 4 is 0 Å². The minimum atomic E-state index is -0.455. The molecule has 2 atom stereocenters. The van der Waals surface area contributed by atoms with Gasteiger partial charge in [-0.15, -0.1) is 0 Å². The van der Waals surface area contributed by atoms with Gasteiger partial charge in [0.1, 0.15) is 0 Å². The van der Waals surface area contributed by atoms with Gasteiger partial charge >= 0.3 is 0 Å². The van der Waals surface area contributed by atoms with Gasteiger partial charge in [0.15, 0.2) is 11.5 Å². The van der Waals surface area contributed by atoms with Crippen LogP contribution < -0.4 is 9.47 Å². The molecule has 2 aliphatic rings. The van der Waals surface area contributed by atoms with Gasteiger partial charge in [-0.1, -0.05) is 6.07 Å². The van der Waals surface area contributed by atoms with E-state index in [1.807, 2.05) is 18.2 Å². The lowest BCUT2D eigenvalue weighted by atomic mass is 9.96. The van der Waals surface area contributed by atoms with Crippen molar-refractivity contribution < 1.29 is 19.3 Å². The van der Waals surface area contributed by atoms with Crippen LogP contribution in [0.4, 0.5) is 0 Å². The molecule has 1 saturated heterocycles. The molecule has 2 unspecified atom stereocenters. The molecule has 0 aromatic heterocycles. The van der Waals surface area contributed by atoms with E-state index in [1.54, 1.807) is 0 Å². The number of aliphatic hydroxyl groups is 1. The van der Waals surface area contributed by atoms with E-state index in [0.717, 1.165) is 49.5 Å². The number of benzene rings is 1. The average molecular weight is 264 g/mol. The third-order valence-corrected chi connectivity index (χ3v) is 3.74. The summed E-state index contributed by atoms with van der Waals surface area (Å²) in [4.78, 5) is 0. The fraction of sp³-hybridized carbons (Fsp3) is 0.600. The van der Waals surface area contributed by atoms with Gasteiger partial charge in [0.05, 0.1) is 19.3 Å². The molecule has 4 heteroatoms. The summed E-state index contributed by atoms with van der Waals surface area (Å²) in [7, 11) is 0. The Kier molecular flexibility index (Phi) is 3.89. The first-order valence-electron chi connectivity index (χ1n) is 6.98. The molecule has 2 heterocycles. The first-order chi connectivity index (χ1) is 9.33. The summed E-state index contributed by atoms with van der Waals surface area (Å²) in [6.45, 7) is 2.94.